The van der Waals surface area contributed by atoms with E-state index in [0.29, 0.717) is 12.2 Å². The first-order chi connectivity index (χ1) is 7.27. The summed E-state index contributed by atoms with van der Waals surface area (Å²) in [5.74, 6) is 0.515. The fraction of sp³-hybridized carbons (Fsp3) is 0.417. The van der Waals surface area contributed by atoms with Gasteiger partial charge in [-0.25, -0.2) is 0 Å². The molecule has 1 aromatic rings. The van der Waals surface area contributed by atoms with Gasteiger partial charge in [0.25, 0.3) is 0 Å². The highest BCUT2D eigenvalue weighted by Crippen LogP contribution is 2.25. The number of hydrogen-bond acceptors (Lipinski definition) is 2. The lowest BCUT2D eigenvalue weighted by Gasteiger charge is -2.10. The van der Waals surface area contributed by atoms with Gasteiger partial charge in [0.15, 0.2) is 5.76 Å². The zero-order valence-electron chi connectivity index (χ0n) is 8.46. The molecule has 3 heteroatoms. The number of Topliss-reactive ketones (excluding diaryl/α,β-unsaturated/α-hetero) is 1. The third-order valence-electron chi connectivity index (χ3n) is 2.64. The van der Waals surface area contributed by atoms with Crippen molar-refractivity contribution in [2.75, 3.05) is 0 Å². The van der Waals surface area contributed by atoms with Crippen molar-refractivity contribution < 1.29 is 9.21 Å². The van der Waals surface area contributed by atoms with E-state index in [0.717, 1.165) is 17.3 Å². The van der Waals surface area contributed by atoms with Gasteiger partial charge in [0, 0.05) is 6.42 Å². The number of rotatable bonds is 3. The summed E-state index contributed by atoms with van der Waals surface area (Å²) in [6, 6.07) is 1.75. The molecule has 0 atom stereocenters. The molecule has 0 saturated heterocycles. The van der Waals surface area contributed by atoms with E-state index in [1.54, 1.807) is 6.07 Å². The summed E-state index contributed by atoms with van der Waals surface area (Å²) in [5, 5.41) is 0. The minimum absolute atomic E-state index is 0.0695. The molecule has 1 aliphatic rings. The fourth-order valence-electron chi connectivity index (χ4n) is 1.84. The Bertz CT molecular complexity index is 390. The molecular weight excluding hydrogens is 256 g/mol. The fourth-order valence-corrected chi connectivity index (χ4v) is 2.27. The molecule has 0 aliphatic heterocycles. The molecule has 0 fully saturated rings. The van der Waals surface area contributed by atoms with Gasteiger partial charge in [-0.1, -0.05) is 11.6 Å². The van der Waals surface area contributed by atoms with Crippen LogP contribution in [0.4, 0.5) is 0 Å². The lowest BCUT2D eigenvalue weighted by molar-refractivity contribution is 0.0964. The molecule has 0 saturated carbocycles. The molecule has 2 nitrogen and oxygen atoms in total. The zero-order valence-corrected chi connectivity index (χ0v) is 10.0. The van der Waals surface area contributed by atoms with Gasteiger partial charge in [0.05, 0.1) is 10.7 Å². The number of carbonyl (C=O) groups excluding carboxylic acids is 1. The van der Waals surface area contributed by atoms with Crippen LogP contribution in [0.3, 0.4) is 0 Å². The Hall–Kier alpha value is -0.830. The molecule has 0 radical (unpaired) electrons. The van der Waals surface area contributed by atoms with Crippen molar-refractivity contribution in [3.63, 3.8) is 0 Å². The van der Waals surface area contributed by atoms with Gasteiger partial charge < -0.3 is 4.42 Å². The summed E-state index contributed by atoms with van der Waals surface area (Å²) in [6.45, 7) is 0. The maximum Gasteiger partial charge on any atom is 0.203 e. The summed E-state index contributed by atoms with van der Waals surface area (Å²) >= 11 is 3.30. The Labute approximate surface area is 97.5 Å². The molecule has 1 aliphatic carbocycles. The summed E-state index contributed by atoms with van der Waals surface area (Å²) in [7, 11) is 0. The van der Waals surface area contributed by atoms with E-state index in [1.807, 2.05) is 0 Å². The van der Waals surface area contributed by atoms with Gasteiger partial charge in [-0.2, -0.15) is 0 Å². The quantitative estimate of drug-likeness (QED) is 0.610. The van der Waals surface area contributed by atoms with Gasteiger partial charge in [-0.15, -0.1) is 0 Å². The Morgan fingerprint density at radius 1 is 1.47 bits per heavy atom. The van der Waals surface area contributed by atoms with Crippen LogP contribution in [0, 0.1) is 0 Å². The average molecular weight is 269 g/mol. The van der Waals surface area contributed by atoms with Crippen LogP contribution in [0.1, 0.15) is 42.7 Å². The predicted octanol–water partition coefficient (Wildman–Crippen LogP) is 4.12. The SMILES string of the molecule is O=C(CC1=CCCCC1)c1occc1Br. The highest BCUT2D eigenvalue weighted by molar-refractivity contribution is 9.10. The van der Waals surface area contributed by atoms with Crippen LogP contribution in [-0.4, -0.2) is 5.78 Å². The van der Waals surface area contributed by atoms with Crippen LogP contribution < -0.4 is 0 Å². The molecule has 15 heavy (non-hydrogen) atoms. The van der Waals surface area contributed by atoms with Crippen molar-refractivity contribution in [2.24, 2.45) is 0 Å². The normalized spacial score (nSPS) is 16.2. The van der Waals surface area contributed by atoms with Crippen molar-refractivity contribution in [3.05, 3.63) is 34.2 Å². The zero-order chi connectivity index (χ0) is 10.7. The third kappa shape index (κ3) is 2.59. The Balaban J connectivity index is 2.04. The largest absolute Gasteiger partial charge is 0.460 e. The maximum absolute atomic E-state index is 11.8. The second kappa shape index (κ2) is 4.79. The number of ketones is 1. The van der Waals surface area contributed by atoms with Gasteiger partial charge in [-0.3, -0.25) is 4.79 Å². The first-order valence-corrected chi connectivity index (χ1v) is 6.01. The first kappa shape index (κ1) is 10.7. The van der Waals surface area contributed by atoms with E-state index in [4.69, 9.17) is 4.42 Å². The molecule has 0 amide bonds. The Morgan fingerprint density at radius 3 is 2.93 bits per heavy atom. The molecule has 1 aromatic heterocycles. The molecular formula is C12H13BrO2. The topological polar surface area (TPSA) is 30.2 Å². The lowest BCUT2D eigenvalue weighted by atomic mass is 9.95. The van der Waals surface area contributed by atoms with Crippen molar-refractivity contribution in [2.45, 2.75) is 32.1 Å². The van der Waals surface area contributed by atoms with Crippen LogP contribution in [0.2, 0.25) is 0 Å². The standard InChI is InChI=1S/C12H13BrO2/c13-10-6-7-15-12(10)11(14)8-9-4-2-1-3-5-9/h4,6-7H,1-3,5,8H2. The molecule has 1 heterocycles. The molecule has 0 bridgehead atoms. The minimum atomic E-state index is 0.0695. The van der Waals surface area contributed by atoms with Crippen LogP contribution in [0.5, 0.6) is 0 Å². The second-order valence-corrected chi connectivity index (χ2v) is 4.66. The first-order valence-electron chi connectivity index (χ1n) is 5.21. The van der Waals surface area contributed by atoms with E-state index >= 15 is 0 Å². The summed E-state index contributed by atoms with van der Waals surface area (Å²) in [6.07, 6.45) is 8.86. The van der Waals surface area contributed by atoms with Gasteiger partial charge in [0.1, 0.15) is 0 Å². The molecule has 80 valence electrons. The highest BCUT2D eigenvalue weighted by Gasteiger charge is 2.16. The molecule has 2 rings (SSSR count). The van der Waals surface area contributed by atoms with Crippen molar-refractivity contribution in [1.29, 1.82) is 0 Å². The smallest absolute Gasteiger partial charge is 0.203 e. The monoisotopic (exact) mass is 268 g/mol. The van der Waals surface area contributed by atoms with Gasteiger partial charge >= 0.3 is 0 Å². The van der Waals surface area contributed by atoms with Crippen molar-refractivity contribution >= 4 is 21.7 Å². The van der Waals surface area contributed by atoms with Crippen LogP contribution >= 0.6 is 15.9 Å². The Kier molecular flexibility index (Phi) is 3.41. The number of hydrogen-bond donors (Lipinski definition) is 0. The molecule has 0 N–H and O–H groups in total. The van der Waals surface area contributed by atoms with E-state index in [-0.39, 0.29) is 5.78 Å². The molecule has 0 spiro atoms. The summed E-state index contributed by atoms with van der Waals surface area (Å²) in [4.78, 5) is 11.8. The van der Waals surface area contributed by atoms with E-state index < -0.39 is 0 Å². The maximum atomic E-state index is 11.8. The molecule has 0 aromatic carbocycles. The highest BCUT2D eigenvalue weighted by atomic mass is 79.9. The number of halogens is 1. The second-order valence-electron chi connectivity index (χ2n) is 3.81. The van der Waals surface area contributed by atoms with Crippen LogP contribution in [0.15, 0.2) is 32.9 Å². The summed E-state index contributed by atoms with van der Waals surface area (Å²) < 4.78 is 5.90. The number of carbonyl (C=O) groups is 1. The van der Waals surface area contributed by atoms with Gasteiger partial charge in [0.2, 0.25) is 5.78 Å². The minimum Gasteiger partial charge on any atom is -0.460 e. The average Bonchev–Trinajstić information content (AvgIpc) is 2.66. The van der Waals surface area contributed by atoms with Crippen molar-refractivity contribution in [3.8, 4) is 0 Å². The van der Waals surface area contributed by atoms with E-state index in [9.17, 15) is 4.79 Å². The van der Waals surface area contributed by atoms with E-state index in [2.05, 4.69) is 22.0 Å². The number of allylic oxidation sites excluding steroid dienone is 2. The van der Waals surface area contributed by atoms with Gasteiger partial charge in [-0.05, 0) is 47.7 Å². The van der Waals surface area contributed by atoms with Crippen LogP contribution in [-0.2, 0) is 0 Å². The van der Waals surface area contributed by atoms with Crippen molar-refractivity contribution in [1.82, 2.24) is 0 Å². The van der Waals surface area contributed by atoms with E-state index in [1.165, 1.54) is 24.7 Å². The number of furan rings is 1. The third-order valence-corrected chi connectivity index (χ3v) is 3.27. The predicted molar refractivity (Wildman–Crippen MR) is 61.9 cm³/mol. The Morgan fingerprint density at radius 2 is 2.33 bits per heavy atom. The lowest BCUT2D eigenvalue weighted by Crippen LogP contribution is -2.02. The van der Waals surface area contributed by atoms with Crippen LogP contribution in [0.25, 0.3) is 0 Å². The summed E-state index contributed by atoms with van der Waals surface area (Å²) in [5.41, 5.74) is 1.26. The molecule has 0 unspecified atom stereocenters.